The Kier molecular flexibility index (Phi) is 5.20. The molecule has 1 aromatic carbocycles. The van der Waals surface area contributed by atoms with Gasteiger partial charge in [0.2, 0.25) is 0 Å². The molecule has 0 bridgehead atoms. The van der Waals surface area contributed by atoms with Crippen LogP contribution in [0.2, 0.25) is 0 Å². The Morgan fingerprint density at radius 3 is 2.61 bits per heavy atom. The van der Waals surface area contributed by atoms with E-state index in [9.17, 15) is 19.5 Å². The molecule has 0 aromatic heterocycles. The molecule has 1 N–H and O–H groups in total. The third-order valence-electron chi connectivity index (χ3n) is 3.65. The Hall–Kier alpha value is -2.57. The number of amides is 1. The highest BCUT2D eigenvalue weighted by Crippen LogP contribution is 2.26. The van der Waals surface area contributed by atoms with E-state index in [-0.39, 0.29) is 41.1 Å². The summed E-state index contributed by atoms with van der Waals surface area (Å²) in [5.41, 5.74) is 0.236. The molecule has 0 unspecified atom stereocenters. The summed E-state index contributed by atoms with van der Waals surface area (Å²) in [7, 11) is 1.24. The van der Waals surface area contributed by atoms with Gasteiger partial charge in [0.05, 0.1) is 31.3 Å². The third-order valence-corrected chi connectivity index (χ3v) is 3.65. The molecule has 1 heterocycles. The number of carbonyl (C=O) groups is 3. The highest BCUT2D eigenvalue weighted by atomic mass is 16.5. The van der Waals surface area contributed by atoms with E-state index >= 15 is 0 Å². The standard InChI is InChI=1S/C16H19NO6/c1-3-23-14(19)6-10-8-17(9-10)15(20)12-7-11(16(21)22-2)4-5-13(12)18/h4-5,7,10,18H,3,6,8-9H2,1-2H3. The first kappa shape index (κ1) is 16.8. The molecule has 0 spiro atoms. The molecule has 1 aromatic rings. The van der Waals surface area contributed by atoms with Crippen molar-refractivity contribution in [3.8, 4) is 5.75 Å². The van der Waals surface area contributed by atoms with Crippen molar-refractivity contribution in [3.63, 3.8) is 0 Å². The average Bonchev–Trinajstić information content (AvgIpc) is 2.49. The monoisotopic (exact) mass is 321 g/mol. The van der Waals surface area contributed by atoms with Crippen molar-refractivity contribution in [1.29, 1.82) is 0 Å². The van der Waals surface area contributed by atoms with E-state index in [1.54, 1.807) is 6.92 Å². The first-order valence-corrected chi connectivity index (χ1v) is 7.32. The molecule has 1 fully saturated rings. The summed E-state index contributed by atoms with van der Waals surface area (Å²) >= 11 is 0. The molecule has 7 heteroatoms. The van der Waals surface area contributed by atoms with Gasteiger partial charge in [0.15, 0.2) is 0 Å². The van der Waals surface area contributed by atoms with Crippen LogP contribution in [0.15, 0.2) is 18.2 Å². The minimum Gasteiger partial charge on any atom is -0.507 e. The Bertz CT molecular complexity index is 621. The maximum Gasteiger partial charge on any atom is 0.337 e. The van der Waals surface area contributed by atoms with Gasteiger partial charge in [-0.05, 0) is 25.1 Å². The molecule has 0 aliphatic carbocycles. The molecule has 0 atom stereocenters. The number of carbonyl (C=O) groups excluding carboxylic acids is 3. The quantitative estimate of drug-likeness (QED) is 0.819. The molecule has 7 nitrogen and oxygen atoms in total. The van der Waals surface area contributed by atoms with Crippen LogP contribution in [-0.4, -0.2) is 54.7 Å². The van der Waals surface area contributed by atoms with Gasteiger partial charge in [-0.3, -0.25) is 9.59 Å². The molecule has 0 radical (unpaired) electrons. The Labute approximate surface area is 133 Å². The number of aromatic hydroxyl groups is 1. The predicted octanol–water partition coefficient (Wildman–Crippen LogP) is 1.20. The van der Waals surface area contributed by atoms with Crippen LogP contribution in [0.1, 0.15) is 34.1 Å². The predicted molar refractivity (Wildman–Crippen MR) is 80.1 cm³/mol. The number of ether oxygens (including phenoxy) is 2. The van der Waals surface area contributed by atoms with Gasteiger partial charge in [0.25, 0.3) is 5.91 Å². The number of benzene rings is 1. The fourth-order valence-corrected chi connectivity index (χ4v) is 2.44. The summed E-state index contributed by atoms with van der Waals surface area (Å²) < 4.78 is 9.47. The SMILES string of the molecule is CCOC(=O)CC1CN(C(=O)c2cc(C(=O)OC)ccc2O)C1. The van der Waals surface area contributed by atoms with Crippen LogP contribution in [0.3, 0.4) is 0 Å². The normalized spacial score (nSPS) is 14.1. The number of nitrogens with zero attached hydrogens (tertiary/aromatic N) is 1. The van der Waals surface area contributed by atoms with Crippen LogP contribution in [0, 0.1) is 5.92 Å². The summed E-state index contributed by atoms with van der Waals surface area (Å²) in [4.78, 5) is 36.8. The topological polar surface area (TPSA) is 93.1 Å². The lowest BCUT2D eigenvalue weighted by Crippen LogP contribution is -2.50. The van der Waals surface area contributed by atoms with Gasteiger partial charge >= 0.3 is 11.9 Å². The van der Waals surface area contributed by atoms with Crippen LogP contribution >= 0.6 is 0 Å². The number of esters is 2. The molecular formula is C16H19NO6. The lowest BCUT2D eigenvalue weighted by Gasteiger charge is -2.38. The van der Waals surface area contributed by atoms with Crippen LogP contribution < -0.4 is 0 Å². The first-order valence-electron chi connectivity index (χ1n) is 7.32. The number of hydrogen-bond donors (Lipinski definition) is 1. The molecule has 1 aliphatic heterocycles. The zero-order chi connectivity index (χ0) is 17.0. The van der Waals surface area contributed by atoms with E-state index in [0.29, 0.717) is 19.7 Å². The zero-order valence-electron chi connectivity index (χ0n) is 13.1. The van der Waals surface area contributed by atoms with Crippen molar-refractivity contribution >= 4 is 17.8 Å². The van der Waals surface area contributed by atoms with Crippen LogP contribution in [0.5, 0.6) is 5.75 Å². The van der Waals surface area contributed by atoms with Gasteiger partial charge in [-0.1, -0.05) is 0 Å². The lowest BCUT2D eigenvalue weighted by atomic mass is 9.95. The second-order valence-corrected chi connectivity index (χ2v) is 5.31. The van der Waals surface area contributed by atoms with E-state index in [2.05, 4.69) is 4.74 Å². The Balaban J connectivity index is 2.00. The summed E-state index contributed by atoms with van der Waals surface area (Å²) in [6, 6.07) is 3.98. The molecule has 1 aliphatic rings. The van der Waals surface area contributed by atoms with Gasteiger partial charge in [-0.15, -0.1) is 0 Å². The van der Waals surface area contributed by atoms with Gasteiger partial charge in [-0.25, -0.2) is 4.79 Å². The van der Waals surface area contributed by atoms with Gasteiger partial charge in [0.1, 0.15) is 5.75 Å². The lowest BCUT2D eigenvalue weighted by molar-refractivity contribution is -0.145. The number of phenols is 1. The summed E-state index contributed by atoms with van der Waals surface area (Å²) in [6.45, 7) is 2.91. The average molecular weight is 321 g/mol. The van der Waals surface area contributed by atoms with E-state index in [1.807, 2.05) is 0 Å². The number of methoxy groups -OCH3 is 1. The second kappa shape index (κ2) is 7.13. The highest BCUT2D eigenvalue weighted by Gasteiger charge is 2.34. The van der Waals surface area contributed by atoms with Crippen molar-refractivity contribution < 1.29 is 29.0 Å². The van der Waals surface area contributed by atoms with E-state index < -0.39 is 5.97 Å². The number of likely N-dealkylation sites (tertiary alicyclic amines) is 1. The molecule has 1 saturated heterocycles. The fourth-order valence-electron chi connectivity index (χ4n) is 2.44. The van der Waals surface area contributed by atoms with E-state index in [4.69, 9.17) is 4.74 Å². The van der Waals surface area contributed by atoms with Gasteiger partial charge in [0, 0.05) is 19.0 Å². The second-order valence-electron chi connectivity index (χ2n) is 5.31. The maximum atomic E-state index is 12.4. The smallest absolute Gasteiger partial charge is 0.337 e. The largest absolute Gasteiger partial charge is 0.507 e. The highest BCUT2D eigenvalue weighted by molar-refractivity contribution is 6.00. The maximum absolute atomic E-state index is 12.4. The Morgan fingerprint density at radius 1 is 1.30 bits per heavy atom. The van der Waals surface area contributed by atoms with Crippen molar-refractivity contribution in [3.05, 3.63) is 29.3 Å². The molecule has 23 heavy (non-hydrogen) atoms. The Morgan fingerprint density at radius 2 is 2.00 bits per heavy atom. The minimum atomic E-state index is -0.581. The van der Waals surface area contributed by atoms with E-state index in [1.165, 1.54) is 30.2 Å². The zero-order valence-corrected chi connectivity index (χ0v) is 13.1. The summed E-state index contributed by atoms with van der Waals surface area (Å²) in [6.07, 6.45) is 0.270. The van der Waals surface area contributed by atoms with Gasteiger partial charge in [-0.2, -0.15) is 0 Å². The van der Waals surface area contributed by atoms with Crippen LogP contribution in [0.4, 0.5) is 0 Å². The molecular weight excluding hydrogens is 302 g/mol. The summed E-state index contributed by atoms with van der Waals surface area (Å²) in [5.74, 6) is -1.38. The molecule has 1 amide bonds. The number of phenolic OH excluding ortho intramolecular Hbond substituents is 1. The van der Waals surface area contributed by atoms with E-state index in [0.717, 1.165) is 0 Å². The molecule has 124 valence electrons. The molecule has 2 rings (SSSR count). The number of rotatable bonds is 5. The van der Waals surface area contributed by atoms with Gasteiger partial charge < -0.3 is 19.5 Å². The third kappa shape index (κ3) is 3.80. The number of hydrogen-bond acceptors (Lipinski definition) is 6. The first-order chi connectivity index (χ1) is 11.0. The molecule has 0 saturated carbocycles. The van der Waals surface area contributed by atoms with Crippen molar-refractivity contribution in [2.45, 2.75) is 13.3 Å². The summed E-state index contributed by atoms with van der Waals surface area (Å²) in [5, 5.41) is 9.84. The minimum absolute atomic E-state index is 0.0440. The van der Waals surface area contributed by atoms with Crippen molar-refractivity contribution in [2.75, 3.05) is 26.8 Å². The van der Waals surface area contributed by atoms with Crippen LogP contribution in [-0.2, 0) is 14.3 Å². The van der Waals surface area contributed by atoms with Crippen LogP contribution in [0.25, 0.3) is 0 Å². The van der Waals surface area contributed by atoms with Crippen molar-refractivity contribution in [1.82, 2.24) is 4.90 Å². The fraction of sp³-hybridized carbons (Fsp3) is 0.438. The van der Waals surface area contributed by atoms with Crippen molar-refractivity contribution in [2.24, 2.45) is 5.92 Å².